The summed E-state index contributed by atoms with van der Waals surface area (Å²) in [4.78, 5) is 0. The molecule has 0 aliphatic heterocycles. The maximum atomic E-state index is 3.48. The van der Waals surface area contributed by atoms with Gasteiger partial charge in [-0.3, -0.25) is 0 Å². The van der Waals surface area contributed by atoms with Crippen LogP contribution in [0.5, 0.6) is 0 Å². The van der Waals surface area contributed by atoms with Crippen molar-refractivity contribution in [1.82, 2.24) is 0 Å². The van der Waals surface area contributed by atoms with E-state index >= 15 is 0 Å². The molecule has 70 valence electrons. The molecule has 0 amide bonds. The molecule has 0 heterocycles. The van der Waals surface area contributed by atoms with Crippen LogP contribution in [0.15, 0.2) is 34.8 Å². The van der Waals surface area contributed by atoms with Crippen LogP contribution in [-0.4, -0.2) is 0 Å². The lowest BCUT2D eigenvalue weighted by molar-refractivity contribution is 1.17. The Kier molecular flexibility index (Phi) is 4.23. The van der Waals surface area contributed by atoms with Crippen molar-refractivity contribution in [3.63, 3.8) is 0 Å². The van der Waals surface area contributed by atoms with E-state index in [1.807, 2.05) is 0 Å². The van der Waals surface area contributed by atoms with Crippen molar-refractivity contribution in [2.24, 2.45) is 0 Å². The van der Waals surface area contributed by atoms with Gasteiger partial charge in [-0.2, -0.15) is 0 Å². The molecule has 1 aromatic carbocycles. The van der Waals surface area contributed by atoms with Crippen LogP contribution >= 0.6 is 15.9 Å². The second kappa shape index (κ2) is 5.23. The Labute approximate surface area is 88.8 Å². The van der Waals surface area contributed by atoms with Gasteiger partial charge in [0, 0.05) is 4.47 Å². The van der Waals surface area contributed by atoms with E-state index in [9.17, 15) is 0 Å². The first-order valence-corrected chi connectivity index (χ1v) is 5.52. The minimum Gasteiger partial charge on any atom is -0.0810 e. The predicted molar refractivity (Wildman–Crippen MR) is 62.7 cm³/mol. The minimum atomic E-state index is 1.10. The Morgan fingerprint density at radius 1 is 1.38 bits per heavy atom. The third-order valence-electron chi connectivity index (χ3n) is 2.03. The molecule has 0 aliphatic carbocycles. The van der Waals surface area contributed by atoms with E-state index in [2.05, 4.69) is 60.1 Å². The summed E-state index contributed by atoms with van der Waals surface area (Å²) >= 11 is 3.48. The molecule has 0 bridgehead atoms. The van der Waals surface area contributed by atoms with E-state index < -0.39 is 0 Å². The van der Waals surface area contributed by atoms with Gasteiger partial charge < -0.3 is 0 Å². The summed E-state index contributed by atoms with van der Waals surface area (Å²) in [5, 5.41) is 0. The second-order valence-corrected chi connectivity index (χ2v) is 3.92. The van der Waals surface area contributed by atoms with E-state index in [-0.39, 0.29) is 0 Å². The highest BCUT2D eigenvalue weighted by Crippen LogP contribution is 2.21. The normalized spacial score (nSPS) is 11.8. The molecule has 0 spiro atoms. The topological polar surface area (TPSA) is 0 Å². The van der Waals surface area contributed by atoms with Crippen LogP contribution in [0.3, 0.4) is 0 Å². The fraction of sp³-hybridized carbons (Fsp3) is 0.333. The summed E-state index contributed by atoms with van der Waals surface area (Å²) in [6.45, 7) is 4.37. The van der Waals surface area contributed by atoms with Gasteiger partial charge in [0.15, 0.2) is 0 Å². The molecule has 0 saturated carbocycles. The Morgan fingerprint density at radius 3 is 2.69 bits per heavy atom. The van der Waals surface area contributed by atoms with Gasteiger partial charge in [0.05, 0.1) is 0 Å². The second-order valence-electron chi connectivity index (χ2n) is 3.00. The summed E-state index contributed by atoms with van der Waals surface area (Å²) in [5.74, 6) is 0. The number of hydrogen-bond acceptors (Lipinski definition) is 0. The van der Waals surface area contributed by atoms with Crippen molar-refractivity contribution in [3.05, 3.63) is 40.4 Å². The van der Waals surface area contributed by atoms with Crippen molar-refractivity contribution in [2.75, 3.05) is 0 Å². The third kappa shape index (κ3) is 3.00. The lowest BCUT2D eigenvalue weighted by Crippen LogP contribution is -1.82. The highest BCUT2D eigenvalue weighted by Gasteiger charge is 1.98. The van der Waals surface area contributed by atoms with Crippen LogP contribution in [0, 0.1) is 0 Å². The summed E-state index contributed by atoms with van der Waals surface area (Å²) < 4.78 is 1.15. The molecule has 0 unspecified atom stereocenters. The molecule has 0 saturated heterocycles. The first-order chi connectivity index (χ1) is 6.27. The number of benzene rings is 1. The van der Waals surface area contributed by atoms with E-state index in [1.54, 1.807) is 0 Å². The monoisotopic (exact) mass is 238 g/mol. The van der Waals surface area contributed by atoms with Crippen molar-refractivity contribution in [1.29, 1.82) is 0 Å². The molecule has 0 aromatic heterocycles. The number of hydrogen-bond donors (Lipinski definition) is 0. The standard InChI is InChI=1S/C12H15Br/c1-3-6-10(4-2)11-7-5-8-12(13)9-11/h5-9H,3-4H2,1-2H3/b10-6+. The highest BCUT2D eigenvalue weighted by atomic mass is 79.9. The molecular formula is C12H15Br. The van der Waals surface area contributed by atoms with Gasteiger partial charge >= 0.3 is 0 Å². The van der Waals surface area contributed by atoms with E-state index in [0.29, 0.717) is 0 Å². The van der Waals surface area contributed by atoms with Crippen LogP contribution in [0.25, 0.3) is 5.57 Å². The van der Waals surface area contributed by atoms with E-state index in [1.165, 1.54) is 11.1 Å². The fourth-order valence-corrected chi connectivity index (χ4v) is 1.80. The van der Waals surface area contributed by atoms with Gasteiger partial charge in [-0.1, -0.05) is 48.0 Å². The molecule has 1 rings (SSSR count). The molecule has 0 aliphatic rings. The molecule has 0 atom stereocenters. The lowest BCUT2D eigenvalue weighted by atomic mass is 10.0. The Bertz CT molecular complexity index is 300. The van der Waals surface area contributed by atoms with Crippen LogP contribution < -0.4 is 0 Å². The number of allylic oxidation sites excluding steroid dienone is 2. The number of halogens is 1. The zero-order chi connectivity index (χ0) is 9.68. The van der Waals surface area contributed by atoms with E-state index in [4.69, 9.17) is 0 Å². The molecule has 1 aromatic rings. The average Bonchev–Trinajstić information content (AvgIpc) is 2.14. The maximum absolute atomic E-state index is 3.48. The Balaban J connectivity index is 2.98. The molecule has 13 heavy (non-hydrogen) atoms. The molecule has 1 heteroatoms. The maximum Gasteiger partial charge on any atom is 0.0181 e. The molecule has 0 N–H and O–H groups in total. The van der Waals surface area contributed by atoms with Gasteiger partial charge in [-0.05, 0) is 36.1 Å². The largest absolute Gasteiger partial charge is 0.0810 e. The van der Waals surface area contributed by atoms with Crippen LogP contribution in [0.4, 0.5) is 0 Å². The Hall–Kier alpha value is -0.560. The van der Waals surface area contributed by atoms with Crippen LogP contribution in [0.1, 0.15) is 32.3 Å². The van der Waals surface area contributed by atoms with Crippen molar-refractivity contribution in [2.45, 2.75) is 26.7 Å². The summed E-state index contributed by atoms with van der Waals surface area (Å²) in [5.41, 5.74) is 2.77. The molecule has 0 fully saturated rings. The van der Waals surface area contributed by atoms with Gasteiger partial charge in [-0.25, -0.2) is 0 Å². The zero-order valence-electron chi connectivity index (χ0n) is 8.18. The SMILES string of the molecule is CC/C=C(\CC)c1cccc(Br)c1. The quantitative estimate of drug-likeness (QED) is 0.720. The summed E-state index contributed by atoms with van der Waals surface area (Å²) in [6.07, 6.45) is 4.50. The van der Waals surface area contributed by atoms with Crippen LogP contribution in [0.2, 0.25) is 0 Å². The van der Waals surface area contributed by atoms with Gasteiger partial charge in [0.2, 0.25) is 0 Å². The fourth-order valence-electron chi connectivity index (χ4n) is 1.40. The lowest BCUT2D eigenvalue weighted by Gasteiger charge is -2.04. The summed E-state index contributed by atoms with van der Waals surface area (Å²) in [6, 6.07) is 8.47. The molecular weight excluding hydrogens is 224 g/mol. The van der Waals surface area contributed by atoms with E-state index in [0.717, 1.165) is 17.3 Å². The summed E-state index contributed by atoms with van der Waals surface area (Å²) in [7, 11) is 0. The van der Waals surface area contributed by atoms with Crippen LogP contribution in [-0.2, 0) is 0 Å². The Morgan fingerprint density at radius 2 is 2.15 bits per heavy atom. The first-order valence-electron chi connectivity index (χ1n) is 4.73. The van der Waals surface area contributed by atoms with Crippen molar-refractivity contribution < 1.29 is 0 Å². The molecule has 0 nitrogen and oxygen atoms in total. The zero-order valence-corrected chi connectivity index (χ0v) is 9.76. The highest BCUT2D eigenvalue weighted by molar-refractivity contribution is 9.10. The average molecular weight is 239 g/mol. The van der Waals surface area contributed by atoms with Gasteiger partial charge in [0.25, 0.3) is 0 Å². The smallest absolute Gasteiger partial charge is 0.0181 e. The van der Waals surface area contributed by atoms with Gasteiger partial charge in [0.1, 0.15) is 0 Å². The predicted octanol–water partition coefficient (Wildman–Crippen LogP) is 4.65. The van der Waals surface area contributed by atoms with Crippen molar-refractivity contribution >= 4 is 21.5 Å². The minimum absolute atomic E-state index is 1.10. The third-order valence-corrected chi connectivity index (χ3v) is 2.52. The van der Waals surface area contributed by atoms with Crippen molar-refractivity contribution in [3.8, 4) is 0 Å². The van der Waals surface area contributed by atoms with Gasteiger partial charge in [-0.15, -0.1) is 0 Å². The first kappa shape index (κ1) is 10.5. The molecule has 0 radical (unpaired) electrons. The number of rotatable bonds is 3.